The minimum atomic E-state index is -0.409. The molecule has 0 aliphatic heterocycles. The Kier molecular flexibility index (Phi) is 4.12. The van der Waals surface area contributed by atoms with Gasteiger partial charge in [0.15, 0.2) is 5.13 Å². The lowest BCUT2D eigenvalue weighted by Crippen LogP contribution is -2.35. The van der Waals surface area contributed by atoms with Crippen LogP contribution in [0, 0.1) is 0 Å². The molecular formula is C12H19N3OS. The first-order valence-electron chi connectivity index (χ1n) is 6.25. The Morgan fingerprint density at radius 2 is 2.41 bits per heavy atom. The van der Waals surface area contributed by atoms with Crippen LogP contribution in [0.5, 0.6) is 0 Å². The number of thiazole rings is 1. The maximum Gasteiger partial charge on any atom is 0.243 e. The maximum atomic E-state index is 11.8. The molecule has 1 aromatic rings. The van der Waals surface area contributed by atoms with Crippen LogP contribution in [-0.2, 0) is 17.6 Å². The second kappa shape index (κ2) is 5.60. The predicted molar refractivity (Wildman–Crippen MR) is 70.3 cm³/mol. The molecule has 1 atom stereocenters. The van der Waals surface area contributed by atoms with E-state index in [0.717, 1.165) is 37.8 Å². The quantitative estimate of drug-likeness (QED) is 0.844. The molecule has 0 unspecified atom stereocenters. The molecule has 0 fully saturated rings. The van der Waals surface area contributed by atoms with E-state index in [9.17, 15) is 4.79 Å². The van der Waals surface area contributed by atoms with Crippen LogP contribution in [0.3, 0.4) is 0 Å². The molecule has 0 spiro atoms. The van der Waals surface area contributed by atoms with E-state index in [1.165, 1.54) is 11.3 Å². The zero-order valence-corrected chi connectivity index (χ0v) is 11.0. The summed E-state index contributed by atoms with van der Waals surface area (Å²) in [5, 5.41) is 3.54. The lowest BCUT2D eigenvalue weighted by molar-refractivity contribution is -0.117. The van der Waals surface area contributed by atoms with Gasteiger partial charge in [0.25, 0.3) is 0 Å². The second-order valence-electron chi connectivity index (χ2n) is 4.48. The smallest absolute Gasteiger partial charge is 0.243 e. The number of fused-ring (bicyclic) bond motifs is 1. The molecule has 1 heterocycles. The van der Waals surface area contributed by atoms with Gasteiger partial charge < -0.3 is 11.1 Å². The van der Waals surface area contributed by atoms with E-state index in [0.29, 0.717) is 5.13 Å². The van der Waals surface area contributed by atoms with Crippen LogP contribution in [0.1, 0.15) is 43.2 Å². The standard InChI is InChI=1S/C12H19N3OS/c1-2-3-5-8(13)11(16)15-12-14-9-6-4-7-10(9)17-12/h8H,2-7,13H2,1H3,(H,14,15,16)/t8-/m0/s1. The molecular weight excluding hydrogens is 234 g/mol. The Balaban J connectivity index is 1.89. The van der Waals surface area contributed by atoms with Gasteiger partial charge in [-0.1, -0.05) is 19.8 Å². The number of nitrogens with two attached hydrogens (primary N) is 1. The number of aryl methyl sites for hydroxylation is 2. The summed E-state index contributed by atoms with van der Waals surface area (Å²) in [6.07, 6.45) is 6.13. The van der Waals surface area contributed by atoms with Crippen molar-refractivity contribution in [1.82, 2.24) is 4.98 Å². The molecule has 1 amide bonds. The van der Waals surface area contributed by atoms with E-state index in [2.05, 4.69) is 17.2 Å². The summed E-state index contributed by atoms with van der Waals surface area (Å²) in [5.74, 6) is -0.106. The highest BCUT2D eigenvalue weighted by molar-refractivity contribution is 7.15. The van der Waals surface area contributed by atoms with Gasteiger partial charge in [-0.25, -0.2) is 4.98 Å². The Morgan fingerprint density at radius 1 is 1.59 bits per heavy atom. The fraction of sp³-hybridized carbons (Fsp3) is 0.667. The first-order valence-corrected chi connectivity index (χ1v) is 7.07. The SMILES string of the molecule is CCCC[C@H](N)C(=O)Nc1nc2c(s1)CCC2. The number of amides is 1. The van der Waals surface area contributed by atoms with Crippen LogP contribution in [0.4, 0.5) is 5.13 Å². The molecule has 4 nitrogen and oxygen atoms in total. The van der Waals surface area contributed by atoms with E-state index in [-0.39, 0.29) is 5.91 Å². The summed E-state index contributed by atoms with van der Waals surface area (Å²) in [5.41, 5.74) is 6.97. The van der Waals surface area contributed by atoms with Gasteiger partial charge in [-0.15, -0.1) is 11.3 Å². The van der Waals surface area contributed by atoms with Gasteiger partial charge in [0.2, 0.25) is 5.91 Å². The second-order valence-corrected chi connectivity index (χ2v) is 5.56. The first-order chi connectivity index (χ1) is 8.20. The van der Waals surface area contributed by atoms with Crippen molar-refractivity contribution in [3.8, 4) is 0 Å². The van der Waals surface area contributed by atoms with Crippen LogP contribution in [0.25, 0.3) is 0 Å². The average molecular weight is 253 g/mol. The van der Waals surface area contributed by atoms with Crippen LogP contribution >= 0.6 is 11.3 Å². The molecule has 0 aromatic carbocycles. The van der Waals surface area contributed by atoms with Crippen molar-refractivity contribution < 1.29 is 4.79 Å². The van der Waals surface area contributed by atoms with E-state index in [1.54, 1.807) is 11.3 Å². The number of hydrogen-bond acceptors (Lipinski definition) is 4. The number of unbranched alkanes of at least 4 members (excludes halogenated alkanes) is 1. The molecule has 94 valence electrons. The predicted octanol–water partition coefficient (Wildman–Crippen LogP) is 2.09. The summed E-state index contributed by atoms with van der Waals surface area (Å²) in [4.78, 5) is 17.5. The molecule has 5 heteroatoms. The monoisotopic (exact) mass is 253 g/mol. The van der Waals surface area contributed by atoms with Crippen LogP contribution < -0.4 is 11.1 Å². The number of carbonyl (C=O) groups is 1. The van der Waals surface area contributed by atoms with Crippen molar-refractivity contribution >= 4 is 22.4 Å². The summed E-state index contributed by atoms with van der Waals surface area (Å²) in [6, 6.07) is -0.409. The first kappa shape index (κ1) is 12.5. The van der Waals surface area contributed by atoms with E-state index in [1.807, 2.05) is 0 Å². The lowest BCUT2D eigenvalue weighted by atomic mass is 10.1. The summed E-state index contributed by atoms with van der Waals surface area (Å²) in [7, 11) is 0. The highest BCUT2D eigenvalue weighted by atomic mass is 32.1. The van der Waals surface area contributed by atoms with Gasteiger partial charge >= 0.3 is 0 Å². The van der Waals surface area contributed by atoms with Crippen molar-refractivity contribution in [2.24, 2.45) is 5.73 Å². The number of nitrogens with zero attached hydrogens (tertiary/aromatic N) is 1. The van der Waals surface area contributed by atoms with Gasteiger partial charge in [-0.05, 0) is 25.7 Å². The summed E-state index contributed by atoms with van der Waals surface area (Å²) in [6.45, 7) is 2.09. The van der Waals surface area contributed by atoms with Crippen molar-refractivity contribution in [3.05, 3.63) is 10.6 Å². The third-order valence-corrected chi connectivity index (χ3v) is 4.10. The zero-order valence-electron chi connectivity index (χ0n) is 10.2. The number of aromatic nitrogens is 1. The van der Waals surface area contributed by atoms with Crippen LogP contribution in [-0.4, -0.2) is 16.9 Å². The number of carbonyl (C=O) groups excluding carboxylic acids is 1. The molecule has 0 radical (unpaired) electrons. The van der Waals surface area contributed by atoms with Crippen LogP contribution in [0.2, 0.25) is 0 Å². The molecule has 2 rings (SSSR count). The highest BCUT2D eigenvalue weighted by Crippen LogP contribution is 2.30. The largest absolute Gasteiger partial charge is 0.320 e. The molecule has 0 saturated heterocycles. The molecule has 17 heavy (non-hydrogen) atoms. The molecule has 1 aliphatic carbocycles. The lowest BCUT2D eigenvalue weighted by Gasteiger charge is -2.09. The topological polar surface area (TPSA) is 68.0 Å². The third-order valence-electron chi connectivity index (χ3n) is 3.03. The highest BCUT2D eigenvalue weighted by Gasteiger charge is 2.19. The van der Waals surface area contributed by atoms with E-state index >= 15 is 0 Å². The molecule has 0 bridgehead atoms. The summed E-state index contributed by atoms with van der Waals surface area (Å²) < 4.78 is 0. The van der Waals surface area contributed by atoms with Crippen molar-refractivity contribution in [2.45, 2.75) is 51.5 Å². The fourth-order valence-electron chi connectivity index (χ4n) is 2.00. The van der Waals surface area contributed by atoms with Gasteiger partial charge in [-0.3, -0.25) is 4.79 Å². The number of nitrogens with one attached hydrogen (secondary N) is 1. The van der Waals surface area contributed by atoms with Gasteiger partial charge in [0.05, 0.1) is 11.7 Å². The Morgan fingerprint density at radius 3 is 3.12 bits per heavy atom. The van der Waals surface area contributed by atoms with Crippen molar-refractivity contribution in [3.63, 3.8) is 0 Å². The zero-order chi connectivity index (χ0) is 12.3. The Hall–Kier alpha value is -0.940. The Bertz CT molecular complexity index is 381. The minimum absolute atomic E-state index is 0.106. The number of hydrogen-bond donors (Lipinski definition) is 2. The maximum absolute atomic E-state index is 11.8. The van der Waals surface area contributed by atoms with Crippen LogP contribution in [0.15, 0.2) is 0 Å². The molecule has 1 aromatic heterocycles. The minimum Gasteiger partial charge on any atom is -0.320 e. The van der Waals surface area contributed by atoms with E-state index in [4.69, 9.17) is 5.73 Å². The average Bonchev–Trinajstić information content (AvgIpc) is 2.86. The van der Waals surface area contributed by atoms with Gasteiger partial charge in [0, 0.05) is 4.88 Å². The number of anilines is 1. The van der Waals surface area contributed by atoms with Crippen molar-refractivity contribution in [1.29, 1.82) is 0 Å². The Labute approximate surface area is 106 Å². The normalized spacial score (nSPS) is 15.6. The fourth-order valence-corrected chi connectivity index (χ4v) is 3.05. The third kappa shape index (κ3) is 3.04. The van der Waals surface area contributed by atoms with Gasteiger partial charge in [-0.2, -0.15) is 0 Å². The number of rotatable bonds is 5. The van der Waals surface area contributed by atoms with E-state index < -0.39 is 6.04 Å². The molecule has 3 N–H and O–H groups in total. The molecule has 1 aliphatic rings. The summed E-state index contributed by atoms with van der Waals surface area (Å²) >= 11 is 1.59. The van der Waals surface area contributed by atoms with Gasteiger partial charge in [0.1, 0.15) is 0 Å². The molecule has 0 saturated carbocycles. The van der Waals surface area contributed by atoms with Crippen molar-refractivity contribution in [2.75, 3.05) is 5.32 Å².